The highest BCUT2D eigenvalue weighted by Gasteiger charge is 2.31. The van der Waals surface area contributed by atoms with E-state index in [1.54, 1.807) is 0 Å². The quantitative estimate of drug-likeness (QED) is 0.829. The van der Waals surface area contributed by atoms with Crippen LogP contribution in [-0.4, -0.2) is 42.6 Å². The zero-order valence-electron chi connectivity index (χ0n) is 11.3. The van der Waals surface area contributed by atoms with E-state index in [-0.39, 0.29) is 23.2 Å². The molecule has 10 heteroatoms. The minimum absolute atomic E-state index is 0.0328. The molecule has 1 aliphatic heterocycles. The largest absolute Gasteiger partial charge is 0.417 e. The molecule has 2 heterocycles. The number of sulfone groups is 1. The first-order valence-corrected chi connectivity index (χ1v) is 9.12. The van der Waals surface area contributed by atoms with Gasteiger partial charge in [-0.1, -0.05) is 11.8 Å². The minimum Gasteiger partial charge on any atom is -0.352 e. The fourth-order valence-electron chi connectivity index (χ4n) is 1.95. The molecule has 0 saturated carbocycles. The van der Waals surface area contributed by atoms with Crippen molar-refractivity contribution in [1.29, 1.82) is 0 Å². The van der Waals surface area contributed by atoms with Gasteiger partial charge in [0.15, 0.2) is 9.84 Å². The van der Waals surface area contributed by atoms with Crippen molar-refractivity contribution < 1.29 is 26.4 Å². The number of amides is 1. The van der Waals surface area contributed by atoms with E-state index in [1.807, 2.05) is 0 Å². The smallest absolute Gasteiger partial charge is 0.352 e. The molecule has 0 aliphatic carbocycles. The summed E-state index contributed by atoms with van der Waals surface area (Å²) in [5.41, 5.74) is -0.850. The monoisotopic (exact) mass is 354 g/mol. The molecule has 2 rings (SSSR count). The lowest BCUT2D eigenvalue weighted by molar-refractivity contribution is -0.137. The maximum absolute atomic E-state index is 12.4. The van der Waals surface area contributed by atoms with Crippen molar-refractivity contribution in [3.8, 4) is 0 Å². The summed E-state index contributed by atoms with van der Waals surface area (Å²) in [6, 6.07) is 1.70. The number of pyridine rings is 1. The molecule has 22 heavy (non-hydrogen) atoms. The Labute approximate surface area is 129 Å². The van der Waals surface area contributed by atoms with Crippen LogP contribution in [0.15, 0.2) is 23.4 Å². The van der Waals surface area contributed by atoms with E-state index in [1.165, 1.54) is 6.07 Å². The minimum atomic E-state index is -4.44. The molecule has 0 bridgehead atoms. The zero-order valence-corrected chi connectivity index (χ0v) is 12.9. The Kier molecular flexibility index (Phi) is 5.00. The summed E-state index contributed by atoms with van der Waals surface area (Å²) < 4.78 is 59.6. The van der Waals surface area contributed by atoms with E-state index in [9.17, 15) is 26.4 Å². The zero-order chi connectivity index (χ0) is 16.4. The molecule has 5 nitrogen and oxygen atoms in total. The summed E-state index contributed by atoms with van der Waals surface area (Å²) in [5.74, 6) is -0.406. The van der Waals surface area contributed by atoms with Crippen LogP contribution in [0.2, 0.25) is 0 Å². The van der Waals surface area contributed by atoms with Crippen LogP contribution in [0.25, 0.3) is 0 Å². The van der Waals surface area contributed by atoms with Gasteiger partial charge in [0.25, 0.3) is 0 Å². The molecule has 1 aliphatic rings. The summed E-state index contributed by atoms with van der Waals surface area (Å²) in [6.45, 7) is 0. The van der Waals surface area contributed by atoms with Gasteiger partial charge in [0, 0.05) is 12.2 Å². The average Bonchev–Trinajstić information content (AvgIpc) is 2.75. The molecular formula is C12H13F3N2O3S2. The Morgan fingerprint density at radius 1 is 1.41 bits per heavy atom. The number of hydrogen-bond donors (Lipinski definition) is 1. The van der Waals surface area contributed by atoms with Gasteiger partial charge in [-0.25, -0.2) is 13.4 Å². The molecule has 1 N–H and O–H groups in total. The van der Waals surface area contributed by atoms with Crippen LogP contribution >= 0.6 is 11.8 Å². The lowest BCUT2D eigenvalue weighted by Crippen LogP contribution is -2.36. The first-order chi connectivity index (χ1) is 10.2. The van der Waals surface area contributed by atoms with E-state index in [0.717, 1.165) is 17.8 Å². The fourth-order valence-corrected chi connectivity index (χ4v) is 4.28. The maximum Gasteiger partial charge on any atom is 0.417 e. The summed E-state index contributed by atoms with van der Waals surface area (Å²) in [6.07, 6.45) is -3.34. The third kappa shape index (κ3) is 4.87. The maximum atomic E-state index is 12.4. The number of rotatable bonds is 4. The lowest BCUT2D eigenvalue weighted by Gasteiger charge is -2.10. The van der Waals surface area contributed by atoms with E-state index in [2.05, 4.69) is 10.3 Å². The van der Waals surface area contributed by atoms with Crippen LogP contribution in [0.4, 0.5) is 13.2 Å². The van der Waals surface area contributed by atoms with Gasteiger partial charge in [-0.05, 0) is 18.6 Å². The van der Waals surface area contributed by atoms with Crippen molar-refractivity contribution in [1.82, 2.24) is 10.3 Å². The molecule has 1 amide bonds. The predicted molar refractivity (Wildman–Crippen MR) is 75.2 cm³/mol. The molecule has 0 unspecified atom stereocenters. The van der Waals surface area contributed by atoms with Crippen LogP contribution in [0.5, 0.6) is 0 Å². The molecule has 1 atom stereocenters. The second-order valence-corrected chi connectivity index (χ2v) is 8.06. The first-order valence-electron chi connectivity index (χ1n) is 6.31. The van der Waals surface area contributed by atoms with Crippen molar-refractivity contribution in [3.05, 3.63) is 23.9 Å². The van der Waals surface area contributed by atoms with Gasteiger partial charge >= 0.3 is 6.18 Å². The number of carbonyl (C=O) groups is 1. The Bertz CT molecular complexity index is 645. The van der Waals surface area contributed by atoms with E-state index >= 15 is 0 Å². The molecule has 0 spiro atoms. The van der Waals surface area contributed by atoms with Crippen molar-refractivity contribution in [2.75, 3.05) is 17.3 Å². The SMILES string of the molecule is O=C(CSc1ccc(C(F)(F)F)cn1)N[C@@H]1CCS(=O)(=O)C1. The van der Waals surface area contributed by atoms with Crippen molar-refractivity contribution in [3.63, 3.8) is 0 Å². The van der Waals surface area contributed by atoms with Crippen molar-refractivity contribution >= 4 is 27.5 Å². The van der Waals surface area contributed by atoms with Crippen LogP contribution < -0.4 is 5.32 Å². The number of carbonyl (C=O) groups excluding carboxylic acids is 1. The summed E-state index contributed by atoms with van der Waals surface area (Å²) in [7, 11) is -3.07. The summed E-state index contributed by atoms with van der Waals surface area (Å²) in [5, 5.41) is 2.89. The molecule has 0 radical (unpaired) electrons. The highest BCUT2D eigenvalue weighted by molar-refractivity contribution is 7.99. The molecule has 0 aromatic carbocycles. The van der Waals surface area contributed by atoms with E-state index < -0.39 is 27.6 Å². The number of halogens is 3. The van der Waals surface area contributed by atoms with Crippen LogP contribution in [0.3, 0.4) is 0 Å². The van der Waals surface area contributed by atoms with Crippen LogP contribution in [0, 0.1) is 0 Å². The topological polar surface area (TPSA) is 76.1 Å². The molecule has 1 saturated heterocycles. The third-order valence-electron chi connectivity index (χ3n) is 3.01. The number of alkyl halides is 3. The Morgan fingerprint density at radius 3 is 2.64 bits per heavy atom. The number of aromatic nitrogens is 1. The lowest BCUT2D eigenvalue weighted by atomic mass is 10.3. The molecule has 122 valence electrons. The van der Waals surface area contributed by atoms with Gasteiger partial charge in [-0.2, -0.15) is 13.2 Å². The van der Waals surface area contributed by atoms with Gasteiger partial charge in [-0.15, -0.1) is 0 Å². The van der Waals surface area contributed by atoms with Crippen molar-refractivity contribution in [2.45, 2.75) is 23.7 Å². The van der Waals surface area contributed by atoms with E-state index in [0.29, 0.717) is 17.6 Å². The second-order valence-electron chi connectivity index (χ2n) is 4.84. The Balaban J connectivity index is 1.81. The van der Waals surface area contributed by atoms with Gasteiger partial charge < -0.3 is 5.32 Å². The highest BCUT2D eigenvalue weighted by Crippen LogP contribution is 2.29. The first kappa shape index (κ1) is 17.1. The highest BCUT2D eigenvalue weighted by atomic mass is 32.2. The van der Waals surface area contributed by atoms with Crippen molar-refractivity contribution in [2.24, 2.45) is 0 Å². The molecule has 1 aromatic heterocycles. The predicted octanol–water partition coefficient (Wildman–Crippen LogP) is 1.50. The van der Waals surface area contributed by atoms with Gasteiger partial charge in [0.1, 0.15) is 0 Å². The van der Waals surface area contributed by atoms with Gasteiger partial charge in [0.2, 0.25) is 5.91 Å². The number of thioether (sulfide) groups is 1. The molecule has 1 aromatic rings. The summed E-state index contributed by atoms with van der Waals surface area (Å²) >= 11 is 0.991. The van der Waals surface area contributed by atoms with Gasteiger partial charge in [0.05, 0.1) is 27.8 Å². The Morgan fingerprint density at radius 2 is 2.14 bits per heavy atom. The number of nitrogens with one attached hydrogen (secondary N) is 1. The standard InChI is InChI=1S/C12H13F3N2O3S2/c13-12(14,15)8-1-2-11(16-5-8)21-6-10(18)17-9-3-4-22(19,20)7-9/h1-2,5,9H,3-4,6-7H2,(H,17,18)/t9-/m1/s1. The Hall–Kier alpha value is -1.29. The average molecular weight is 354 g/mol. The van der Waals surface area contributed by atoms with Gasteiger partial charge in [-0.3, -0.25) is 4.79 Å². The molecular weight excluding hydrogens is 341 g/mol. The molecule has 1 fully saturated rings. The normalized spacial score (nSPS) is 20.8. The van der Waals surface area contributed by atoms with E-state index in [4.69, 9.17) is 0 Å². The van der Waals surface area contributed by atoms with Crippen LogP contribution in [0.1, 0.15) is 12.0 Å². The second kappa shape index (κ2) is 6.45. The number of hydrogen-bond acceptors (Lipinski definition) is 5. The number of nitrogens with zero attached hydrogens (tertiary/aromatic N) is 1. The fraction of sp³-hybridized carbons (Fsp3) is 0.500. The third-order valence-corrected chi connectivity index (χ3v) is 5.72. The summed E-state index contributed by atoms with van der Waals surface area (Å²) in [4.78, 5) is 15.3. The van der Waals surface area contributed by atoms with Crippen LogP contribution in [-0.2, 0) is 20.8 Å².